The first kappa shape index (κ1) is 14.1. The molecule has 2 rings (SSSR count). The van der Waals surface area contributed by atoms with Crippen LogP contribution in [0.4, 0.5) is 0 Å². The smallest absolute Gasteiger partial charge is 0.308 e. The fourth-order valence-corrected chi connectivity index (χ4v) is 2.89. The molecule has 2 unspecified atom stereocenters. The first-order valence-corrected chi connectivity index (χ1v) is 7.09. The molecule has 1 fully saturated rings. The molecule has 4 nitrogen and oxygen atoms in total. The maximum atomic E-state index is 12.2. The standard InChI is InChI=1S/C14H16BrNO3/c1-8-9(4-2-6-11(8)15)13(17)16-12-7-3-5-10(12)14(18)19/h2,4,6,10,12H,3,5,7H2,1H3,(H,16,17)(H,18,19). The minimum absolute atomic E-state index is 0.197. The van der Waals surface area contributed by atoms with E-state index in [2.05, 4.69) is 21.2 Å². The van der Waals surface area contributed by atoms with Gasteiger partial charge in [0, 0.05) is 16.1 Å². The third-order valence-electron chi connectivity index (χ3n) is 3.66. The molecule has 102 valence electrons. The van der Waals surface area contributed by atoms with Gasteiger partial charge in [0.15, 0.2) is 0 Å². The summed E-state index contributed by atoms with van der Waals surface area (Å²) in [6.07, 6.45) is 2.22. The molecule has 1 saturated carbocycles. The van der Waals surface area contributed by atoms with Gasteiger partial charge < -0.3 is 10.4 Å². The number of halogens is 1. The van der Waals surface area contributed by atoms with Crippen LogP contribution in [0.1, 0.15) is 35.2 Å². The highest BCUT2D eigenvalue weighted by molar-refractivity contribution is 9.10. The number of aliphatic carboxylic acids is 1. The fraction of sp³-hybridized carbons (Fsp3) is 0.429. The van der Waals surface area contributed by atoms with Crippen molar-refractivity contribution >= 4 is 27.8 Å². The van der Waals surface area contributed by atoms with Crippen molar-refractivity contribution in [2.75, 3.05) is 0 Å². The van der Waals surface area contributed by atoms with Gasteiger partial charge in [0.2, 0.25) is 0 Å². The van der Waals surface area contributed by atoms with E-state index in [9.17, 15) is 9.59 Å². The summed E-state index contributed by atoms with van der Waals surface area (Å²) in [4.78, 5) is 23.3. The molecule has 5 heteroatoms. The predicted molar refractivity (Wildman–Crippen MR) is 75.1 cm³/mol. The van der Waals surface area contributed by atoms with Crippen LogP contribution in [0.2, 0.25) is 0 Å². The summed E-state index contributed by atoms with van der Waals surface area (Å²) in [6, 6.07) is 5.17. The summed E-state index contributed by atoms with van der Waals surface area (Å²) >= 11 is 3.39. The Morgan fingerprint density at radius 3 is 2.79 bits per heavy atom. The molecule has 0 bridgehead atoms. The molecular weight excluding hydrogens is 310 g/mol. The summed E-state index contributed by atoms with van der Waals surface area (Å²) in [5.41, 5.74) is 1.45. The number of carboxylic acids is 1. The van der Waals surface area contributed by atoms with Gasteiger partial charge in [-0.2, -0.15) is 0 Å². The van der Waals surface area contributed by atoms with Gasteiger partial charge in [0.1, 0.15) is 0 Å². The minimum Gasteiger partial charge on any atom is -0.481 e. The van der Waals surface area contributed by atoms with Crippen LogP contribution in [0.3, 0.4) is 0 Å². The van der Waals surface area contributed by atoms with Gasteiger partial charge in [-0.3, -0.25) is 9.59 Å². The Hall–Kier alpha value is -1.36. The number of hydrogen-bond acceptors (Lipinski definition) is 2. The molecule has 1 amide bonds. The molecule has 1 aliphatic carbocycles. The number of benzene rings is 1. The highest BCUT2D eigenvalue weighted by atomic mass is 79.9. The number of carbonyl (C=O) groups is 2. The zero-order valence-electron chi connectivity index (χ0n) is 10.6. The Kier molecular flexibility index (Phi) is 4.24. The van der Waals surface area contributed by atoms with Gasteiger partial charge in [-0.05, 0) is 37.5 Å². The van der Waals surface area contributed by atoms with Crippen LogP contribution in [0, 0.1) is 12.8 Å². The maximum Gasteiger partial charge on any atom is 0.308 e. The molecular formula is C14H16BrNO3. The first-order valence-electron chi connectivity index (χ1n) is 6.29. The second kappa shape index (κ2) is 5.74. The molecule has 0 saturated heterocycles. The average molecular weight is 326 g/mol. The lowest BCUT2D eigenvalue weighted by Crippen LogP contribution is -2.40. The monoisotopic (exact) mass is 325 g/mol. The number of amides is 1. The number of carbonyl (C=O) groups excluding carboxylic acids is 1. The number of hydrogen-bond donors (Lipinski definition) is 2. The van der Waals surface area contributed by atoms with Crippen molar-refractivity contribution in [1.82, 2.24) is 5.32 Å². The largest absolute Gasteiger partial charge is 0.481 e. The van der Waals surface area contributed by atoms with Crippen molar-refractivity contribution < 1.29 is 14.7 Å². The average Bonchev–Trinajstić information content (AvgIpc) is 2.80. The van der Waals surface area contributed by atoms with E-state index in [1.54, 1.807) is 12.1 Å². The number of nitrogens with one attached hydrogen (secondary N) is 1. The lowest BCUT2D eigenvalue weighted by molar-refractivity contribution is -0.142. The molecule has 0 spiro atoms. The van der Waals surface area contributed by atoms with E-state index in [4.69, 9.17) is 5.11 Å². The molecule has 1 aromatic rings. The molecule has 0 aliphatic heterocycles. The highest BCUT2D eigenvalue weighted by Gasteiger charge is 2.34. The summed E-state index contributed by atoms with van der Waals surface area (Å²) in [7, 11) is 0. The normalized spacial score (nSPS) is 22.2. The van der Waals surface area contributed by atoms with Crippen LogP contribution in [-0.4, -0.2) is 23.0 Å². The van der Waals surface area contributed by atoms with E-state index in [0.717, 1.165) is 22.9 Å². The highest BCUT2D eigenvalue weighted by Crippen LogP contribution is 2.27. The Morgan fingerprint density at radius 2 is 2.11 bits per heavy atom. The Bertz CT molecular complexity index is 515. The zero-order chi connectivity index (χ0) is 14.0. The minimum atomic E-state index is -0.825. The molecule has 1 aliphatic rings. The summed E-state index contributed by atoms with van der Waals surface area (Å²) < 4.78 is 0.876. The van der Waals surface area contributed by atoms with Crippen LogP contribution in [0.15, 0.2) is 22.7 Å². The second-order valence-corrected chi connectivity index (χ2v) is 5.72. The van der Waals surface area contributed by atoms with Gasteiger partial charge >= 0.3 is 5.97 Å². The first-order chi connectivity index (χ1) is 9.00. The van der Waals surface area contributed by atoms with Gasteiger partial charge in [-0.1, -0.05) is 28.4 Å². The Labute approximate surface area is 120 Å². The van der Waals surface area contributed by atoms with Gasteiger partial charge in [0.25, 0.3) is 5.91 Å². The van der Waals surface area contributed by atoms with Crippen LogP contribution in [-0.2, 0) is 4.79 Å². The molecule has 2 N–H and O–H groups in total. The number of rotatable bonds is 3. The summed E-state index contributed by atoms with van der Waals surface area (Å²) in [5, 5.41) is 12.0. The molecule has 1 aromatic carbocycles. The molecule has 0 radical (unpaired) electrons. The van der Waals surface area contributed by atoms with Crippen molar-refractivity contribution in [1.29, 1.82) is 0 Å². The van der Waals surface area contributed by atoms with E-state index >= 15 is 0 Å². The Morgan fingerprint density at radius 1 is 1.37 bits per heavy atom. The van der Waals surface area contributed by atoms with E-state index in [1.165, 1.54) is 0 Å². The predicted octanol–water partition coefficient (Wildman–Crippen LogP) is 2.74. The van der Waals surface area contributed by atoms with Crippen molar-refractivity contribution in [3.63, 3.8) is 0 Å². The fourth-order valence-electron chi connectivity index (χ4n) is 2.53. The van der Waals surface area contributed by atoms with E-state index in [-0.39, 0.29) is 11.9 Å². The molecule has 0 aromatic heterocycles. The van der Waals surface area contributed by atoms with Gasteiger partial charge in [0.05, 0.1) is 5.92 Å². The number of carboxylic acid groups (broad SMARTS) is 1. The maximum absolute atomic E-state index is 12.2. The van der Waals surface area contributed by atoms with Crippen LogP contribution in [0.5, 0.6) is 0 Å². The van der Waals surface area contributed by atoms with Crippen molar-refractivity contribution in [3.05, 3.63) is 33.8 Å². The molecule has 19 heavy (non-hydrogen) atoms. The SMILES string of the molecule is Cc1c(Br)cccc1C(=O)NC1CCCC1C(=O)O. The van der Waals surface area contributed by atoms with E-state index < -0.39 is 11.9 Å². The topological polar surface area (TPSA) is 66.4 Å². The zero-order valence-corrected chi connectivity index (χ0v) is 12.2. The van der Waals surface area contributed by atoms with Crippen molar-refractivity contribution in [3.8, 4) is 0 Å². The molecule has 0 heterocycles. The van der Waals surface area contributed by atoms with E-state index in [1.807, 2.05) is 13.0 Å². The van der Waals surface area contributed by atoms with Gasteiger partial charge in [-0.15, -0.1) is 0 Å². The van der Waals surface area contributed by atoms with Crippen LogP contribution >= 0.6 is 15.9 Å². The van der Waals surface area contributed by atoms with Crippen LogP contribution in [0.25, 0.3) is 0 Å². The molecule has 2 atom stereocenters. The Balaban J connectivity index is 2.13. The lowest BCUT2D eigenvalue weighted by atomic mass is 10.0. The van der Waals surface area contributed by atoms with Crippen molar-refractivity contribution in [2.24, 2.45) is 5.92 Å². The third-order valence-corrected chi connectivity index (χ3v) is 4.52. The van der Waals surface area contributed by atoms with Gasteiger partial charge in [-0.25, -0.2) is 0 Å². The lowest BCUT2D eigenvalue weighted by Gasteiger charge is -2.18. The second-order valence-electron chi connectivity index (χ2n) is 4.87. The third kappa shape index (κ3) is 2.97. The van der Waals surface area contributed by atoms with E-state index in [0.29, 0.717) is 12.0 Å². The van der Waals surface area contributed by atoms with Crippen LogP contribution < -0.4 is 5.32 Å². The van der Waals surface area contributed by atoms with Crippen molar-refractivity contribution in [2.45, 2.75) is 32.2 Å². The summed E-state index contributed by atoms with van der Waals surface area (Å²) in [5.74, 6) is -1.48. The quantitative estimate of drug-likeness (QED) is 0.897. The summed E-state index contributed by atoms with van der Waals surface area (Å²) in [6.45, 7) is 1.86.